The van der Waals surface area contributed by atoms with Crippen LogP contribution in [0.4, 0.5) is 10.6 Å². The summed E-state index contributed by atoms with van der Waals surface area (Å²) < 4.78 is 18.9. The number of anilines is 1. The van der Waals surface area contributed by atoms with Crippen LogP contribution in [-0.2, 0) is 27.3 Å². The van der Waals surface area contributed by atoms with Gasteiger partial charge in [-0.05, 0) is 73.5 Å². The van der Waals surface area contributed by atoms with Gasteiger partial charge in [0.1, 0.15) is 23.9 Å². The zero-order valence-electron chi connectivity index (χ0n) is 25.8. The molecule has 3 aromatic carbocycles. The molecule has 5 aromatic rings. The van der Waals surface area contributed by atoms with Gasteiger partial charge in [0.05, 0.1) is 31.2 Å². The second-order valence-corrected chi connectivity index (χ2v) is 11.1. The van der Waals surface area contributed by atoms with Gasteiger partial charge in [0.2, 0.25) is 0 Å². The lowest BCUT2D eigenvalue weighted by Gasteiger charge is -2.16. The molecule has 2 aromatic heterocycles. The first-order valence-electron chi connectivity index (χ1n) is 15.3. The predicted molar refractivity (Wildman–Crippen MR) is 173 cm³/mol. The average molecular weight is 608 g/mol. The maximum atomic E-state index is 12.5. The van der Waals surface area contributed by atoms with Crippen LogP contribution < -0.4 is 10.5 Å². The Morgan fingerprint density at radius 2 is 1.80 bits per heavy atom. The van der Waals surface area contributed by atoms with E-state index in [1.165, 1.54) is 0 Å². The number of aryl methyl sites for hydroxylation is 1. The molecule has 1 fully saturated rings. The highest BCUT2D eigenvalue weighted by molar-refractivity contribution is 6.02. The number of benzene rings is 3. The molecule has 0 radical (unpaired) electrons. The molecule has 10 nitrogen and oxygen atoms in total. The number of nitrogens with two attached hydrogens (primary N) is 1. The van der Waals surface area contributed by atoms with Crippen LogP contribution in [0.15, 0.2) is 66.9 Å². The Kier molecular flexibility index (Phi) is 8.55. The molecule has 1 atom stereocenters. The van der Waals surface area contributed by atoms with Crippen LogP contribution in [0.25, 0.3) is 32.8 Å². The lowest BCUT2D eigenvalue weighted by molar-refractivity contribution is -0.142. The van der Waals surface area contributed by atoms with E-state index in [0.717, 1.165) is 56.0 Å². The molecule has 232 valence electrons. The van der Waals surface area contributed by atoms with E-state index in [9.17, 15) is 9.59 Å². The van der Waals surface area contributed by atoms with Crippen molar-refractivity contribution in [2.75, 3.05) is 32.0 Å². The quantitative estimate of drug-likeness (QED) is 0.196. The van der Waals surface area contributed by atoms with Crippen molar-refractivity contribution in [2.45, 2.75) is 46.3 Å². The zero-order valence-corrected chi connectivity index (χ0v) is 25.8. The number of nitrogens with zero attached hydrogens (tertiary/aromatic N) is 4. The number of pyridine rings is 1. The number of nitrogen functional groups attached to an aromatic ring is 1. The van der Waals surface area contributed by atoms with Crippen molar-refractivity contribution >= 4 is 39.6 Å². The Morgan fingerprint density at radius 3 is 2.62 bits per heavy atom. The third kappa shape index (κ3) is 6.00. The zero-order chi connectivity index (χ0) is 31.5. The molecule has 1 saturated heterocycles. The minimum Gasteiger partial charge on any atom is -0.487 e. The lowest BCUT2D eigenvalue weighted by atomic mass is 9.97. The summed E-state index contributed by atoms with van der Waals surface area (Å²) >= 11 is 0. The van der Waals surface area contributed by atoms with Gasteiger partial charge in [-0.25, -0.2) is 9.78 Å². The number of fused-ring (bicyclic) bond motifs is 2. The van der Waals surface area contributed by atoms with Gasteiger partial charge in [0.25, 0.3) is 0 Å². The number of esters is 1. The number of carbonyl (C=O) groups is 2. The highest BCUT2D eigenvalue weighted by atomic mass is 16.6. The second kappa shape index (κ2) is 12.9. The summed E-state index contributed by atoms with van der Waals surface area (Å²) in [5.41, 5.74) is 11.7. The van der Waals surface area contributed by atoms with Crippen molar-refractivity contribution < 1.29 is 23.8 Å². The molecule has 45 heavy (non-hydrogen) atoms. The van der Waals surface area contributed by atoms with Gasteiger partial charge >= 0.3 is 12.1 Å². The van der Waals surface area contributed by atoms with Gasteiger partial charge in [0.15, 0.2) is 0 Å². The van der Waals surface area contributed by atoms with Gasteiger partial charge < -0.3 is 24.8 Å². The third-order valence-electron chi connectivity index (χ3n) is 8.32. The molecule has 1 aliphatic heterocycles. The van der Waals surface area contributed by atoms with E-state index in [2.05, 4.69) is 29.2 Å². The average Bonchev–Trinajstić information content (AvgIpc) is 3.67. The number of rotatable bonds is 9. The Bertz CT molecular complexity index is 1880. The van der Waals surface area contributed by atoms with Crippen LogP contribution in [-0.4, -0.2) is 58.0 Å². The van der Waals surface area contributed by atoms with Crippen molar-refractivity contribution in [1.82, 2.24) is 19.7 Å². The van der Waals surface area contributed by atoms with E-state index in [0.29, 0.717) is 37.9 Å². The van der Waals surface area contributed by atoms with E-state index in [-0.39, 0.29) is 31.1 Å². The maximum absolute atomic E-state index is 12.5. The molecular formula is C35H37N5O5. The standard InChI is InChI=1S/C35H37N5O5/c1-4-43-33(41)19-28-22(3)8-6-11-32(28)45-21-30-29-18-23(25-9-7-10-27-26(25)14-16-37-34(27)36)12-13-31(29)40(38-30)24-15-17-39(20-24)35(42)44-5-2/h6-14,16,18,24H,4-5,15,17,19-21H2,1-3H3,(H2,36,37)/t24-/m1/s1. The first kappa shape index (κ1) is 29.9. The van der Waals surface area contributed by atoms with Crippen LogP contribution >= 0.6 is 0 Å². The first-order valence-corrected chi connectivity index (χ1v) is 15.3. The van der Waals surface area contributed by atoms with E-state index in [1.807, 2.05) is 54.9 Å². The SMILES string of the molecule is CCOC(=O)Cc1c(C)cccc1OCc1nn([C@@H]2CCN(C(=O)OCC)C2)c2ccc(-c3cccc4c(N)nccc34)cc12. The Labute approximate surface area is 261 Å². The number of carbonyl (C=O) groups excluding carboxylic acids is 2. The normalized spacial score (nSPS) is 14.6. The van der Waals surface area contributed by atoms with E-state index >= 15 is 0 Å². The first-order chi connectivity index (χ1) is 21.9. The van der Waals surface area contributed by atoms with Crippen LogP contribution in [0.2, 0.25) is 0 Å². The van der Waals surface area contributed by atoms with Crippen LogP contribution in [0.5, 0.6) is 5.75 Å². The van der Waals surface area contributed by atoms with Crippen molar-refractivity contribution in [1.29, 1.82) is 0 Å². The van der Waals surface area contributed by atoms with E-state index < -0.39 is 0 Å². The molecule has 1 aliphatic rings. The fraction of sp³-hybridized carbons (Fsp3) is 0.314. The number of amides is 1. The molecule has 1 amide bonds. The van der Waals surface area contributed by atoms with Gasteiger partial charge in [-0.1, -0.05) is 36.4 Å². The fourth-order valence-electron chi connectivity index (χ4n) is 6.10. The number of hydrogen-bond acceptors (Lipinski definition) is 8. The minimum atomic E-state index is -0.305. The number of likely N-dealkylation sites (tertiary alicyclic amines) is 1. The summed E-state index contributed by atoms with van der Waals surface area (Å²) in [5, 5.41) is 7.93. The summed E-state index contributed by atoms with van der Waals surface area (Å²) in [6.45, 7) is 7.51. The van der Waals surface area contributed by atoms with Crippen LogP contribution in [0.1, 0.15) is 43.1 Å². The minimum absolute atomic E-state index is 0.0155. The predicted octanol–water partition coefficient (Wildman–Crippen LogP) is 6.23. The molecule has 0 spiro atoms. The molecule has 10 heteroatoms. The molecular weight excluding hydrogens is 570 g/mol. The van der Waals surface area contributed by atoms with E-state index in [1.54, 1.807) is 18.0 Å². The summed E-state index contributed by atoms with van der Waals surface area (Å²) in [6.07, 6.45) is 2.30. The Hall–Kier alpha value is -5.12. The molecule has 2 N–H and O–H groups in total. The largest absolute Gasteiger partial charge is 0.487 e. The summed E-state index contributed by atoms with van der Waals surface area (Å²) in [7, 11) is 0. The molecule has 0 bridgehead atoms. The summed E-state index contributed by atoms with van der Waals surface area (Å²) in [6, 6.07) is 20.0. The molecule has 0 unspecified atom stereocenters. The van der Waals surface area contributed by atoms with Crippen LogP contribution in [0, 0.1) is 6.92 Å². The molecule has 3 heterocycles. The van der Waals surface area contributed by atoms with Crippen molar-refractivity contribution in [2.24, 2.45) is 0 Å². The van der Waals surface area contributed by atoms with Gasteiger partial charge in [-0.15, -0.1) is 0 Å². The lowest BCUT2D eigenvalue weighted by Crippen LogP contribution is -2.29. The monoisotopic (exact) mass is 607 g/mol. The van der Waals surface area contributed by atoms with Gasteiger partial charge in [0, 0.05) is 35.6 Å². The van der Waals surface area contributed by atoms with Crippen molar-refractivity contribution in [3.8, 4) is 16.9 Å². The fourth-order valence-corrected chi connectivity index (χ4v) is 6.10. The molecule has 6 rings (SSSR count). The van der Waals surface area contributed by atoms with Gasteiger partial charge in [-0.2, -0.15) is 5.10 Å². The summed E-state index contributed by atoms with van der Waals surface area (Å²) in [4.78, 5) is 30.8. The maximum Gasteiger partial charge on any atom is 0.409 e. The smallest absolute Gasteiger partial charge is 0.409 e. The highest BCUT2D eigenvalue weighted by Crippen LogP contribution is 2.35. The Balaban J connectivity index is 1.39. The number of aromatic nitrogens is 3. The molecule has 0 aliphatic carbocycles. The van der Waals surface area contributed by atoms with E-state index in [4.69, 9.17) is 25.0 Å². The number of hydrogen-bond donors (Lipinski definition) is 1. The molecule has 0 saturated carbocycles. The van der Waals surface area contributed by atoms with Gasteiger partial charge in [-0.3, -0.25) is 9.48 Å². The topological polar surface area (TPSA) is 122 Å². The highest BCUT2D eigenvalue weighted by Gasteiger charge is 2.30. The Morgan fingerprint density at radius 1 is 0.978 bits per heavy atom. The second-order valence-electron chi connectivity index (χ2n) is 11.1. The third-order valence-corrected chi connectivity index (χ3v) is 8.32. The summed E-state index contributed by atoms with van der Waals surface area (Å²) in [5.74, 6) is 0.809. The van der Waals surface area contributed by atoms with Crippen molar-refractivity contribution in [3.05, 3.63) is 83.7 Å². The van der Waals surface area contributed by atoms with Crippen molar-refractivity contribution in [3.63, 3.8) is 0 Å². The van der Waals surface area contributed by atoms with Crippen LogP contribution in [0.3, 0.4) is 0 Å². The number of ether oxygens (including phenoxy) is 3.